The number of ketones is 1. The van der Waals surface area contributed by atoms with Crippen LogP contribution in [0.15, 0.2) is 18.2 Å². The van der Waals surface area contributed by atoms with Crippen molar-refractivity contribution in [1.29, 1.82) is 0 Å². The molecule has 7 nitrogen and oxygen atoms in total. The average Bonchev–Trinajstić information content (AvgIpc) is 3.24. The van der Waals surface area contributed by atoms with Crippen molar-refractivity contribution in [1.82, 2.24) is 9.80 Å². The molecule has 3 aliphatic heterocycles. The Bertz CT molecular complexity index is 874. The number of fused-ring (bicyclic) bond motifs is 1. The molecule has 3 heterocycles. The van der Waals surface area contributed by atoms with Crippen LogP contribution in [0.2, 0.25) is 0 Å². The summed E-state index contributed by atoms with van der Waals surface area (Å²) in [6.07, 6.45) is 1.11. The molecule has 0 bridgehead atoms. The summed E-state index contributed by atoms with van der Waals surface area (Å²) in [6.45, 7) is 7.32. The Hall–Kier alpha value is -2.57. The Morgan fingerprint density at radius 1 is 1.28 bits per heavy atom. The topological polar surface area (TPSA) is 76.2 Å². The second-order valence-electron chi connectivity index (χ2n) is 9.33. The molecule has 1 aromatic rings. The zero-order valence-electron chi connectivity index (χ0n) is 17.5. The number of nitrogens with zero attached hydrogens (tertiary/aromatic N) is 2. The lowest BCUT2D eigenvalue weighted by Gasteiger charge is -2.35. The first-order chi connectivity index (χ1) is 13.6. The van der Waals surface area contributed by atoms with Crippen molar-refractivity contribution in [2.24, 2.45) is 5.92 Å². The van der Waals surface area contributed by atoms with Gasteiger partial charge >= 0.3 is 0 Å². The number of rotatable bonds is 2. The monoisotopic (exact) mass is 400 g/mol. The van der Waals surface area contributed by atoms with Crippen LogP contribution in [0, 0.1) is 5.92 Å². The molecule has 3 aliphatic rings. The third kappa shape index (κ3) is 3.47. The minimum Gasteiger partial charge on any atom is -0.497 e. The number of amides is 2. The smallest absolute Gasteiger partial charge is 0.228 e. The highest BCUT2D eigenvalue weighted by Crippen LogP contribution is 2.40. The molecule has 0 saturated carbocycles. The summed E-state index contributed by atoms with van der Waals surface area (Å²) in [5.74, 6) is 0.859. The normalized spacial score (nSPS) is 26.7. The molecular weight excluding hydrogens is 372 g/mol. The van der Waals surface area contributed by atoms with Crippen LogP contribution in [0.5, 0.6) is 11.5 Å². The maximum Gasteiger partial charge on any atom is 0.228 e. The molecule has 2 fully saturated rings. The molecule has 2 atom stereocenters. The summed E-state index contributed by atoms with van der Waals surface area (Å²) < 4.78 is 11.4. The second-order valence-corrected chi connectivity index (χ2v) is 9.33. The van der Waals surface area contributed by atoms with Crippen molar-refractivity contribution < 1.29 is 23.9 Å². The molecule has 0 aromatic heterocycles. The van der Waals surface area contributed by atoms with Gasteiger partial charge < -0.3 is 19.3 Å². The number of carbonyl (C=O) groups is 3. The van der Waals surface area contributed by atoms with Crippen LogP contribution in [0.25, 0.3) is 0 Å². The van der Waals surface area contributed by atoms with Gasteiger partial charge in [0.2, 0.25) is 11.8 Å². The minimum absolute atomic E-state index is 0.00870. The number of hydrogen-bond donors (Lipinski definition) is 0. The average molecular weight is 400 g/mol. The van der Waals surface area contributed by atoms with E-state index in [1.54, 1.807) is 35.1 Å². The second kappa shape index (κ2) is 6.75. The van der Waals surface area contributed by atoms with E-state index in [-0.39, 0.29) is 41.9 Å². The number of methoxy groups -OCH3 is 1. The first-order valence-electron chi connectivity index (χ1n) is 10.1. The molecule has 1 spiro atoms. The molecule has 29 heavy (non-hydrogen) atoms. The van der Waals surface area contributed by atoms with Gasteiger partial charge in [0.05, 0.1) is 31.6 Å². The van der Waals surface area contributed by atoms with E-state index in [2.05, 4.69) is 0 Å². The fourth-order valence-corrected chi connectivity index (χ4v) is 4.64. The van der Waals surface area contributed by atoms with Gasteiger partial charge in [-0.1, -0.05) is 0 Å². The van der Waals surface area contributed by atoms with E-state index in [9.17, 15) is 14.4 Å². The fraction of sp³-hybridized carbons (Fsp3) is 0.591. The Labute approximate surface area is 170 Å². The SMILES string of the molecule is COc1ccc2c(c1)C(=O)CC1(CCN(C(=O)C3CC(=O)N(C(C)(C)C)C3)C1)O2. The van der Waals surface area contributed by atoms with Gasteiger partial charge in [0.25, 0.3) is 0 Å². The van der Waals surface area contributed by atoms with Crippen molar-refractivity contribution in [2.45, 2.75) is 51.2 Å². The summed E-state index contributed by atoms with van der Waals surface area (Å²) in [7, 11) is 1.56. The van der Waals surface area contributed by atoms with Crippen LogP contribution < -0.4 is 9.47 Å². The Morgan fingerprint density at radius 2 is 2.03 bits per heavy atom. The highest BCUT2D eigenvalue weighted by molar-refractivity contribution is 6.01. The lowest BCUT2D eigenvalue weighted by molar-refractivity contribution is -0.135. The van der Waals surface area contributed by atoms with E-state index in [1.165, 1.54) is 0 Å². The molecule has 0 aliphatic carbocycles. The van der Waals surface area contributed by atoms with Gasteiger partial charge in [-0.2, -0.15) is 0 Å². The summed E-state index contributed by atoms with van der Waals surface area (Å²) in [5, 5.41) is 0. The first-order valence-corrected chi connectivity index (χ1v) is 10.1. The van der Waals surface area contributed by atoms with E-state index < -0.39 is 5.60 Å². The Morgan fingerprint density at radius 3 is 2.69 bits per heavy atom. The van der Waals surface area contributed by atoms with Crippen LogP contribution in [-0.2, 0) is 9.59 Å². The maximum absolute atomic E-state index is 13.1. The van der Waals surface area contributed by atoms with Gasteiger partial charge in [0, 0.05) is 31.5 Å². The van der Waals surface area contributed by atoms with Gasteiger partial charge in [-0.15, -0.1) is 0 Å². The van der Waals surface area contributed by atoms with Crippen LogP contribution in [0.1, 0.15) is 50.4 Å². The van der Waals surface area contributed by atoms with Crippen molar-refractivity contribution in [2.75, 3.05) is 26.7 Å². The largest absolute Gasteiger partial charge is 0.497 e. The Balaban J connectivity index is 1.47. The molecule has 2 saturated heterocycles. The van der Waals surface area contributed by atoms with E-state index in [1.807, 2.05) is 20.8 Å². The van der Waals surface area contributed by atoms with Crippen molar-refractivity contribution in [3.63, 3.8) is 0 Å². The fourth-order valence-electron chi connectivity index (χ4n) is 4.64. The number of Topliss-reactive ketones (excluding diaryl/α,β-unsaturated/α-hetero) is 1. The zero-order valence-corrected chi connectivity index (χ0v) is 17.5. The van der Waals surface area contributed by atoms with E-state index >= 15 is 0 Å². The standard InChI is InChI=1S/C22H28N2O5/c1-21(2,3)24-12-14(9-19(24)26)20(27)23-8-7-22(13-23)11-17(25)16-10-15(28-4)5-6-18(16)29-22/h5-6,10,14H,7-9,11-13H2,1-4H3. The summed E-state index contributed by atoms with van der Waals surface area (Å²) in [5.41, 5.74) is -0.440. The number of ether oxygens (including phenoxy) is 2. The lowest BCUT2D eigenvalue weighted by Crippen LogP contribution is -2.46. The summed E-state index contributed by atoms with van der Waals surface area (Å²) >= 11 is 0. The molecule has 1 aromatic carbocycles. The lowest BCUT2D eigenvalue weighted by atomic mass is 9.89. The van der Waals surface area contributed by atoms with Gasteiger partial charge in [-0.05, 0) is 39.0 Å². The molecule has 7 heteroatoms. The molecule has 2 amide bonds. The predicted molar refractivity (Wildman–Crippen MR) is 106 cm³/mol. The highest BCUT2D eigenvalue weighted by Gasteiger charge is 2.49. The van der Waals surface area contributed by atoms with E-state index in [0.717, 1.165) is 0 Å². The molecule has 4 rings (SSSR count). The molecule has 0 N–H and O–H groups in total. The third-order valence-electron chi connectivity index (χ3n) is 6.21. The number of hydrogen-bond acceptors (Lipinski definition) is 5. The zero-order chi connectivity index (χ0) is 21.0. The van der Waals surface area contributed by atoms with Gasteiger partial charge in [0.1, 0.15) is 17.1 Å². The molecule has 2 unspecified atom stereocenters. The van der Waals surface area contributed by atoms with Crippen LogP contribution in [0.4, 0.5) is 0 Å². The number of benzene rings is 1. The number of carbonyl (C=O) groups excluding carboxylic acids is 3. The summed E-state index contributed by atoms with van der Waals surface area (Å²) in [6, 6.07) is 5.23. The Kier molecular flexibility index (Phi) is 4.59. The van der Waals surface area contributed by atoms with E-state index in [4.69, 9.17) is 9.47 Å². The first kappa shape index (κ1) is 19.7. The van der Waals surface area contributed by atoms with Crippen molar-refractivity contribution in [3.05, 3.63) is 23.8 Å². The van der Waals surface area contributed by atoms with E-state index in [0.29, 0.717) is 43.1 Å². The third-order valence-corrected chi connectivity index (χ3v) is 6.21. The van der Waals surface area contributed by atoms with Gasteiger partial charge in [-0.25, -0.2) is 0 Å². The van der Waals surface area contributed by atoms with Crippen molar-refractivity contribution >= 4 is 17.6 Å². The highest BCUT2D eigenvalue weighted by atomic mass is 16.5. The van der Waals surface area contributed by atoms with Crippen LogP contribution in [0.3, 0.4) is 0 Å². The van der Waals surface area contributed by atoms with Gasteiger partial charge in [0.15, 0.2) is 5.78 Å². The van der Waals surface area contributed by atoms with Crippen LogP contribution in [-0.4, -0.2) is 65.3 Å². The summed E-state index contributed by atoms with van der Waals surface area (Å²) in [4.78, 5) is 41.8. The molecule has 156 valence electrons. The van der Waals surface area contributed by atoms with Crippen molar-refractivity contribution in [3.8, 4) is 11.5 Å². The predicted octanol–water partition coefficient (Wildman–Crippen LogP) is 2.28. The minimum atomic E-state index is -0.680. The quantitative estimate of drug-likeness (QED) is 0.761. The number of likely N-dealkylation sites (tertiary alicyclic amines) is 2. The van der Waals surface area contributed by atoms with Gasteiger partial charge in [-0.3, -0.25) is 14.4 Å². The van der Waals surface area contributed by atoms with Crippen LogP contribution >= 0.6 is 0 Å². The molecule has 0 radical (unpaired) electrons. The molecular formula is C22H28N2O5. The maximum atomic E-state index is 13.1.